The number of nitriles is 1. The molecule has 1 aromatic heterocycles. The molecule has 0 aliphatic carbocycles. The van der Waals surface area contributed by atoms with Gasteiger partial charge in [0.15, 0.2) is 0 Å². The molecule has 2 aromatic rings. The first-order valence-corrected chi connectivity index (χ1v) is 10.7. The van der Waals surface area contributed by atoms with Crippen molar-refractivity contribution in [3.63, 3.8) is 0 Å². The van der Waals surface area contributed by atoms with Crippen LogP contribution in [-0.2, 0) is 19.6 Å². The molecule has 2 amide bonds. The van der Waals surface area contributed by atoms with Crippen LogP contribution in [0.1, 0.15) is 19.1 Å². The van der Waals surface area contributed by atoms with Gasteiger partial charge in [-0.15, -0.1) is 0 Å². The quantitative estimate of drug-likeness (QED) is 0.509. The van der Waals surface area contributed by atoms with Crippen LogP contribution in [-0.4, -0.2) is 43.4 Å². The third-order valence-corrected chi connectivity index (χ3v) is 5.68. The zero-order valence-corrected chi connectivity index (χ0v) is 17.3. The van der Waals surface area contributed by atoms with E-state index in [2.05, 4.69) is 0 Å². The molecule has 160 valence electrons. The normalized spacial score (nSPS) is 16.2. The summed E-state index contributed by atoms with van der Waals surface area (Å²) in [7, 11) is -3.81. The highest BCUT2D eigenvalue weighted by molar-refractivity contribution is 7.89. The van der Waals surface area contributed by atoms with Gasteiger partial charge in [-0.25, -0.2) is 13.6 Å². The largest absolute Gasteiger partial charge is 0.457 e. The van der Waals surface area contributed by atoms with E-state index in [1.807, 2.05) is 6.07 Å². The zero-order chi connectivity index (χ0) is 22.8. The fraction of sp³-hybridized carbons (Fsp3) is 0.190. The van der Waals surface area contributed by atoms with Crippen molar-refractivity contribution in [2.75, 3.05) is 13.2 Å². The van der Waals surface area contributed by atoms with Crippen molar-refractivity contribution >= 4 is 27.9 Å². The maximum absolute atomic E-state index is 12.8. The number of sulfonamides is 1. The van der Waals surface area contributed by atoms with E-state index in [4.69, 9.17) is 14.7 Å². The lowest BCUT2D eigenvalue weighted by molar-refractivity contribution is -0.140. The van der Waals surface area contributed by atoms with Gasteiger partial charge in [0.1, 0.15) is 23.2 Å². The Labute approximate surface area is 178 Å². The van der Waals surface area contributed by atoms with E-state index in [0.717, 1.165) is 4.90 Å². The molecule has 9 nitrogen and oxygen atoms in total. The average Bonchev–Trinajstić information content (AvgIpc) is 3.20. The van der Waals surface area contributed by atoms with Gasteiger partial charge in [-0.05, 0) is 61.4 Å². The number of rotatable bonds is 6. The summed E-state index contributed by atoms with van der Waals surface area (Å²) in [4.78, 5) is 26.1. The Bertz CT molecular complexity index is 1250. The smallest absolute Gasteiger partial charge is 0.271 e. The van der Waals surface area contributed by atoms with Crippen molar-refractivity contribution in [3.05, 3.63) is 58.9 Å². The second-order valence-corrected chi connectivity index (χ2v) is 8.34. The number of aliphatic hydroxyl groups excluding tert-OH is 1. The number of imide groups is 1. The number of hydrogen-bond acceptors (Lipinski definition) is 7. The molecule has 3 N–H and O–H groups in total. The van der Waals surface area contributed by atoms with Gasteiger partial charge in [0, 0.05) is 24.3 Å². The molecule has 0 spiro atoms. The van der Waals surface area contributed by atoms with E-state index < -0.39 is 21.8 Å². The predicted octanol–water partition coefficient (Wildman–Crippen LogP) is 1.57. The average molecular weight is 441 g/mol. The molecule has 3 rings (SSSR count). The first kappa shape index (κ1) is 22.2. The molecule has 0 bridgehead atoms. The number of aliphatic hydroxyl groups is 1. The number of hydrogen-bond donors (Lipinski definition) is 2. The number of nitrogens with two attached hydrogens (primary N) is 1. The van der Waals surface area contributed by atoms with Gasteiger partial charge >= 0.3 is 0 Å². The Kier molecular flexibility index (Phi) is 6.21. The molecule has 10 heteroatoms. The van der Waals surface area contributed by atoms with Crippen molar-refractivity contribution in [1.29, 1.82) is 5.26 Å². The highest BCUT2D eigenvalue weighted by atomic mass is 32.2. The van der Waals surface area contributed by atoms with Crippen molar-refractivity contribution in [2.45, 2.75) is 18.2 Å². The highest BCUT2D eigenvalue weighted by Crippen LogP contribution is 2.29. The maximum atomic E-state index is 12.8. The molecule has 0 unspecified atom stereocenters. The Morgan fingerprint density at radius 2 is 1.84 bits per heavy atom. The molecule has 0 atom stereocenters. The zero-order valence-electron chi connectivity index (χ0n) is 16.5. The summed E-state index contributed by atoms with van der Waals surface area (Å²) >= 11 is 0. The fourth-order valence-electron chi connectivity index (χ4n) is 3.10. The van der Waals surface area contributed by atoms with Crippen molar-refractivity contribution in [1.82, 2.24) is 4.90 Å². The minimum absolute atomic E-state index is 0.0101. The molecule has 1 aliphatic heterocycles. The molecule has 2 heterocycles. The Hall–Kier alpha value is -3.52. The van der Waals surface area contributed by atoms with Crippen LogP contribution in [0.2, 0.25) is 0 Å². The van der Waals surface area contributed by atoms with E-state index in [1.165, 1.54) is 37.3 Å². The molecule has 1 aromatic carbocycles. The van der Waals surface area contributed by atoms with Crippen LogP contribution < -0.4 is 5.14 Å². The summed E-state index contributed by atoms with van der Waals surface area (Å²) < 4.78 is 28.5. The minimum Gasteiger partial charge on any atom is -0.457 e. The molecular weight excluding hydrogens is 422 g/mol. The van der Waals surface area contributed by atoms with E-state index in [0.29, 0.717) is 17.1 Å². The standard InChI is InChI=1S/C21H19N3O6S/c1-13-17(20(26)24(9-2-10-25)21(27)18(13)12-22)11-15-5-8-19(30-15)14-3-6-16(7-4-14)31(23,28)29/h3-8,11,25H,2,9-10H2,1H3,(H2,23,28,29). The second-order valence-electron chi connectivity index (χ2n) is 6.78. The second kappa shape index (κ2) is 8.69. The van der Waals surface area contributed by atoms with E-state index in [9.17, 15) is 23.3 Å². The number of amides is 2. The summed E-state index contributed by atoms with van der Waals surface area (Å²) in [5.74, 6) is -0.538. The first-order chi connectivity index (χ1) is 14.7. The van der Waals surface area contributed by atoms with Crippen LogP contribution in [0, 0.1) is 11.3 Å². The van der Waals surface area contributed by atoms with Gasteiger partial charge in [0.25, 0.3) is 11.8 Å². The van der Waals surface area contributed by atoms with E-state index >= 15 is 0 Å². The van der Waals surface area contributed by atoms with Crippen LogP contribution in [0.3, 0.4) is 0 Å². The van der Waals surface area contributed by atoms with Crippen LogP contribution in [0.15, 0.2) is 62.4 Å². The van der Waals surface area contributed by atoms with Gasteiger partial charge in [-0.1, -0.05) is 0 Å². The number of benzene rings is 1. The molecule has 31 heavy (non-hydrogen) atoms. The summed E-state index contributed by atoms with van der Waals surface area (Å²) in [6.07, 6.45) is 1.64. The van der Waals surface area contributed by atoms with Crippen molar-refractivity contribution < 1.29 is 27.5 Å². The third kappa shape index (κ3) is 4.49. The SMILES string of the molecule is CC1=C(C#N)C(=O)N(CCCO)C(=O)C1=Cc1ccc(-c2ccc(S(N)(=O)=O)cc2)o1. The lowest BCUT2D eigenvalue weighted by Gasteiger charge is -2.27. The molecule has 0 fully saturated rings. The fourth-order valence-corrected chi connectivity index (χ4v) is 3.61. The third-order valence-electron chi connectivity index (χ3n) is 4.75. The molecular formula is C21H19N3O6S. The summed E-state index contributed by atoms with van der Waals surface area (Å²) in [5.41, 5.74) is 0.832. The van der Waals surface area contributed by atoms with Gasteiger partial charge in [0.05, 0.1) is 4.90 Å². The Morgan fingerprint density at radius 1 is 1.16 bits per heavy atom. The highest BCUT2D eigenvalue weighted by Gasteiger charge is 2.35. The number of carbonyl (C=O) groups excluding carboxylic acids is 2. The minimum atomic E-state index is -3.81. The summed E-state index contributed by atoms with van der Waals surface area (Å²) in [6, 6.07) is 10.9. The van der Waals surface area contributed by atoms with Crippen LogP contribution in [0.5, 0.6) is 0 Å². The maximum Gasteiger partial charge on any atom is 0.271 e. The number of carbonyl (C=O) groups is 2. The van der Waals surface area contributed by atoms with Crippen LogP contribution in [0.4, 0.5) is 0 Å². The number of primary sulfonamides is 1. The number of nitrogens with zero attached hydrogens (tertiary/aromatic N) is 2. The van der Waals surface area contributed by atoms with Gasteiger partial charge < -0.3 is 9.52 Å². The summed E-state index contributed by atoms with van der Waals surface area (Å²) in [6.45, 7) is 1.30. The van der Waals surface area contributed by atoms with Crippen molar-refractivity contribution in [2.24, 2.45) is 5.14 Å². The molecule has 1 aliphatic rings. The first-order valence-electron chi connectivity index (χ1n) is 9.20. The monoisotopic (exact) mass is 441 g/mol. The lowest BCUT2D eigenvalue weighted by Crippen LogP contribution is -2.43. The Balaban J connectivity index is 1.96. The van der Waals surface area contributed by atoms with Gasteiger partial charge in [-0.2, -0.15) is 5.26 Å². The molecule has 0 radical (unpaired) electrons. The van der Waals surface area contributed by atoms with Gasteiger partial charge in [0.2, 0.25) is 10.0 Å². The van der Waals surface area contributed by atoms with E-state index in [-0.39, 0.29) is 41.2 Å². The van der Waals surface area contributed by atoms with Crippen LogP contribution >= 0.6 is 0 Å². The lowest BCUT2D eigenvalue weighted by atomic mass is 9.94. The topological polar surface area (TPSA) is 155 Å². The predicted molar refractivity (Wildman–Crippen MR) is 110 cm³/mol. The molecule has 0 saturated heterocycles. The Morgan fingerprint density at radius 3 is 2.42 bits per heavy atom. The number of furan rings is 1. The van der Waals surface area contributed by atoms with E-state index in [1.54, 1.807) is 12.1 Å². The molecule has 0 saturated carbocycles. The van der Waals surface area contributed by atoms with Gasteiger partial charge in [-0.3, -0.25) is 14.5 Å². The van der Waals surface area contributed by atoms with Crippen molar-refractivity contribution in [3.8, 4) is 17.4 Å². The van der Waals surface area contributed by atoms with Crippen LogP contribution in [0.25, 0.3) is 17.4 Å². The summed E-state index contributed by atoms with van der Waals surface area (Å²) in [5, 5.41) is 23.5.